The molecule has 0 aliphatic rings. The second-order valence-corrected chi connectivity index (χ2v) is 9.22. The van der Waals surface area contributed by atoms with Crippen molar-refractivity contribution in [3.05, 3.63) is 65.2 Å². The molecule has 1 amide bonds. The van der Waals surface area contributed by atoms with Gasteiger partial charge in [0.25, 0.3) is 5.91 Å². The van der Waals surface area contributed by atoms with Gasteiger partial charge < -0.3 is 10.1 Å². The van der Waals surface area contributed by atoms with Crippen molar-refractivity contribution in [2.45, 2.75) is 38.5 Å². The summed E-state index contributed by atoms with van der Waals surface area (Å²) in [7, 11) is -3.15. The fraction of sp³-hybridized carbons (Fsp3) is 0.333. The lowest BCUT2D eigenvalue weighted by atomic mass is 10.0. The molecule has 6 nitrogen and oxygen atoms in total. The van der Waals surface area contributed by atoms with Gasteiger partial charge in [0.05, 0.1) is 11.3 Å². The third kappa shape index (κ3) is 6.49. The van der Waals surface area contributed by atoms with E-state index >= 15 is 0 Å². The van der Waals surface area contributed by atoms with Gasteiger partial charge in [0.1, 0.15) is 0 Å². The summed E-state index contributed by atoms with van der Waals surface area (Å²) in [4.78, 5) is 24.5. The number of ether oxygens (including phenoxy) is 1. The molecule has 2 aromatic carbocycles. The van der Waals surface area contributed by atoms with Gasteiger partial charge in [-0.25, -0.2) is 13.2 Å². The maximum absolute atomic E-state index is 12.3. The maximum atomic E-state index is 12.3. The number of carbonyl (C=O) groups excluding carboxylic acids is 2. The van der Waals surface area contributed by atoms with Crippen LogP contribution in [0.15, 0.2) is 48.5 Å². The summed E-state index contributed by atoms with van der Waals surface area (Å²) in [5.41, 5.74) is 2.62. The molecule has 0 bridgehead atoms. The molecule has 0 radical (unpaired) electrons. The lowest BCUT2D eigenvalue weighted by Gasteiger charge is -2.14. The highest BCUT2D eigenvalue weighted by Gasteiger charge is 2.19. The van der Waals surface area contributed by atoms with Crippen LogP contribution in [0.5, 0.6) is 0 Å². The minimum atomic E-state index is -3.15. The summed E-state index contributed by atoms with van der Waals surface area (Å²) in [5.74, 6) is -0.784. The first-order chi connectivity index (χ1) is 13.0. The summed E-state index contributed by atoms with van der Waals surface area (Å²) in [6.07, 6.45) is 0.166. The molecule has 0 unspecified atom stereocenters. The Balaban J connectivity index is 1.94. The largest absolute Gasteiger partial charge is 0.449 e. The van der Waals surface area contributed by atoms with Crippen LogP contribution in [0.2, 0.25) is 0 Å². The Labute approximate surface area is 165 Å². The monoisotopic (exact) mass is 403 g/mol. The summed E-state index contributed by atoms with van der Waals surface area (Å²) >= 11 is 0. The Hall–Kier alpha value is -2.67. The maximum Gasteiger partial charge on any atom is 0.338 e. The van der Waals surface area contributed by atoms with Crippen molar-refractivity contribution in [1.82, 2.24) is 0 Å². The number of esters is 1. The second kappa shape index (κ2) is 9.01. The van der Waals surface area contributed by atoms with Crippen LogP contribution in [0.3, 0.4) is 0 Å². The number of rotatable bonds is 7. The van der Waals surface area contributed by atoms with Gasteiger partial charge in [0.15, 0.2) is 15.9 Å². The van der Waals surface area contributed by atoms with Gasteiger partial charge in [-0.2, -0.15) is 0 Å². The number of amides is 1. The van der Waals surface area contributed by atoms with Crippen molar-refractivity contribution in [1.29, 1.82) is 0 Å². The number of hydrogen-bond acceptors (Lipinski definition) is 5. The molecule has 2 aromatic rings. The van der Waals surface area contributed by atoms with Gasteiger partial charge in [-0.3, -0.25) is 4.79 Å². The molecule has 1 N–H and O–H groups in total. The highest BCUT2D eigenvalue weighted by Crippen LogP contribution is 2.17. The molecule has 150 valence electrons. The minimum absolute atomic E-state index is 0.100. The van der Waals surface area contributed by atoms with E-state index in [2.05, 4.69) is 19.2 Å². The van der Waals surface area contributed by atoms with E-state index in [-0.39, 0.29) is 11.3 Å². The molecule has 0 spiro atoms. The molecule has 0 fully saturated rings. The highest BCUT2D eigenvalue weighted by atomic mass is 32.2. The first-order valence-corrected chi connectivity index (χ1v) is 11.0. The molecule has 0 aromatic heterocycles. The fourth-order valence-electron chi connectivity index (χ4n) is 2.52. The summed E-state index contributed by atoms with van der Waals surface area (Å²) in [6, 6.07) is 13.6. The molecule has 0 heterocycles. The molecule has 28 heavy (non-hydrogen) atoms. The minimum Gasteiger partial charge on any atom is -0.449 e. The van der Waals surface area contributed by atoms with E-state index in [1.54, 1.807) is 12.1 Å². The third-order valence-electron chi connectivity index (χ3n) is 4.12. The van der Waals surface area contributed by atoms with Crippen molar-refractivity contribution in [2.75, 3.05) is 11.6 Å². The molecule has 7 heteroatoms. The lowest BCUT2D eigenvalue weighted by molar-refractivity contribution is -0.123. The van der Waals surface area contributed by atoms with Crippen LogP contribution in [0.25, 0.3) is 0 Å². The summed E-state index contributed by atoms with van der Waals surface area (Å²) < 4.78 is 27.8. The van der Waals surface area contributed by atoms with Crippen LogP contribution in [-0.2, 0) is 25.1 Å². The number of hydrogen-bond donors (Lipinski definition) is 1. The Morgan fingerprint density at radius 3 is 2.04 bits per heavy atom. The predicted octanol–water partition coefficient (Wildman–Crippen LogP) is 3.54. The number of anilines is 1. The van der Waals surface area contributed by atoms with E-state index in [1.165, 1.54) is 19.1 Å². The number of nitrogens with one attached hydrogen (secondary N) is 1. The summed E-state index contributed by atoms with van der Waals surface area (Å²) in [6.45, 7) is 5.67. The van der Waals surface area contributed by atoms with E-state index in [0.29, 0.717) is 17.2 Å². The van der Waals surface area contributed by atoms with Crippen molar-refractivity contribution in [3.63, 3.8) is 0 Å². The van der Waals surface area contributed by atoms with E-state index in [9.17, 15) is 18.0 Å². The standard InChI is InChI=1S/C21H25NO5S/c1-14(2)17-9-11-19(12-10-17)22-20(23)15(3)27-21(24)18-7-5-16(6-8-18)13-28(4,25)26/h5-12,14-15H,13H2,1-4H3,(H,22,23)/t15-/m1/s1. The second-order valence-electron chi connectivity index (χ2n) is 7.08. The molecule has 1 atom stereocenters. The smallest absolute Gasteiger partial charge is 0.338 e. The average Bonchev–Trinajstić information content (AvgIpc) is 2.61. The van der Waals surface area contributed by atoms with Crippen LogP contribution in [0.4, 0.5) is 5.69 Å². The Morgan fingerprint density at radius 1 is 0.964 bits per heavy atom. The SMILES string of the molecule is CC(C)c1ccc(NC(=O)[C@@H](C)OC(=O)c2ccc(CS(C)(=O)=O)cc2)cc1. The van der Waals surface area contributed by atoms with Gasteiger partial charge in [-0.1, -0.05) is 38.1 Å². The molecular formula is C21H25NO5S. The number of benzene rings is 2. The zero-order valence-electron chi connectivity index (χ0n) is 16.4. The van der Waals surface area contributed by atoms with Gasteiger partial charge in [0.2, 0.25) is 0 Å². The zero-order chi connectivity index (χ0) is 20.9. The quantitative estimate of drug-likeness (QED) is 0.714. The van der Waals surface area contributed by atoms with Crippen LogP contribution >= 0.6 is 0 Å². The van der Waals surface area contributed by atoms with Crippen LogP contribution in [0.1, 0.15) is 48.2 Å². The summed E-state index contributed by atoms with van der Waals surface area (Å²) in [5, 5.41) is 2.72. The predicted molar refractivity (Wildman–Crippen MR) is 109 cm³/mol. The van der Waals surface area contributed by atoms with E-state index in [1.807, 2.05) is 24.3 Å². The van der Waals surface area contributed by atoms with E-state index < -0.39 is 27.8 Å². The molecule has 0 saturated heterocycles. The van der Waals surface area contributed by atoms with Gasteiger partial charge in [0, 0.05) is 11.9 Å². The van der Waals surface area contributed by atoms with E-state index in [0.717, 1.165) is 11.8 Å². The molecule has 2 rings (SSSR count). The van der Waals surface area contributed by atoms with Gasteiger partial charge in [-0.15, -0.1) is 0 Å². The third-order valence-corrected chi connectivity index (χ3v) is 4.97. The Morgan fingerprint density at radius 2 is 1.54 bits per heavy atom. The highest BCUT2D eigenvalue weighted by molar-refractivity contribution is 7.89. The van der Waals surface area contributed by atoms with Crippen LogP contribution in [-0.4, -0.2) is 32.7 Å². The topological polar surface area (TPSA) is 89.5 Å². The Bertz CT molecular complexity index is 932. The van der Waals surface area contributed by atoms with Crippen molar-refractivity contribution >= 4 is 27.4 Å². The first kappa shape index (κ1) is 21.6. The fourth-order valence-corrected chi connectivity index (χ4v) is 3.32. The van der Waals surface area contributed by atoms with E-state index in [4.69, 9.17) is 4.74 Å². The van der Waals surface area contributed by atoms with Gasteiger partial charge >= 0.3 is 5.97 Å². The van der Waals surface area contributed by atoms with Crippen LogP contribution < -0.4 is 5.32 Å². The first-order valence-electron chi connectivity index (χ1n) is 8.93. The number of carbonyl (C=O) groups is 2. The molecule has 0 aliphatic carbocycles. The van der Waals surface area contributed by atoms with Crippen molar-refractivity contribution in [3.8, 4) is 0 Å². The van der Waals surface area contributed by atoms with Gasteiger partial charge in [-0.05, 0) is 48.2 Å². The Kier molecular flexibility index (Phi) is 6.96. The normalized spacial score (nSPS) is 12.5. The van der Waals surface area contributed by atoms with Crippen molar-refractivity contribution in [2.24, 2.45) is 0 Å². The number of sulfone groups is 1. The molecule has 0 aliphatic heterocycles. The van der Waals surface area contributed by atoms with Crippen LogP contribution in [0, 0.1) is 0 Å². The van der Waals surface area contributed by atoms with Crippen molar-refractivity contribution < 1.29 is 22.7 Å². The average molecular weight is 404 g/mol. The zero-order valence-corrected chi connectivity index (χ0v) is 17.2. The molecule has 0 saturated carbocycles. The lowest BCUT2D eigenvalue weighted by Crippen LogP contribution is -2.30. The molecular weight excluding hydrogens is 378 g/mol.